The summed E-state index contributed by atoms with van der Waals surface area (Å²) in [6.07, 6.45) is -7.36. The first kappa shape index (κ1) is 27.2. The van der Waals surface area contributed by atoms with Crippen LogP contribution < -0.4 is 0 Å². The maximum absolute atomic E-state index is 13.5. The van der Waals surface area contributed by atoms with Crippen molar-refractivity contribution in [3.8, 4) is 0 Å². The van der Waals surface area contributed by atoms with E-state index in [1.807, 2.05) is 0 Å². The van der Waals surface area contributed by atoms with Crippen LogP contribution in [0.5, 0.6) is 0 Å². The number of ether oxygens (including phenoxy) is 4. The minimum Gasteiger partial charge on any atom is -0.481 e. The molecule has 2 aliphatic carbocycles. The monoisotopic (exact) mass is 546 g/mol. The zero-order valence-corrected chi connectivity index (χ0v) is 21.6. The average Bonchev–Trinajstić information content (AvgIpc) is 3.19. The smallest absolute Gasteiger partial charge is 0.348 e. The molecule has 1 aromatic rings. The van der Waals surface area contributed by atoms with Crippen LogP contribution in [0.2, 0.25) is 0 Å². The highest BCUT2D eigenvalue weighted by Crippen LogP contribution is 2.71. The largest absolute Gasteiger partial charge is 0.481 e. The van der Waals surface area contributed by atoms with E-state index in [0.29, 0.717) is 0 Å². The molecule has 210 valence electrons. The van der Waals surface area contributed by atoms with Gasteiger partial charge < -0.3 is 34.3 Å². The number of carbonyl (C=O) groups is 5. The van der Waals surface area contributed by atoms with Gasteiger partial charge in [0.1, 0.15) is 18.0 Å². The average molecular weight is 547 g/mol. The Balaban J connectivity index is 1.72. The summed E-state index contributed by atoms with van der Waals surface area (Å²) in [5.74, 6) is -8.26. The van der Waals surface area contributed by atoms with Crippen LogP contribution in [0.3, 0.4) is 0 Å². The molecule has 4 fully saturated rings. The van der Waals surface area contributed by atoms with Crippen LogP contribution in [0.4, 0.5) is 0 Å². The summed E-state index contributed by atoms with van der Waals surface area (Å²) in [6, 6.07) is 7.77. The van der Waals surface area contributed by atoms with Crippen molar-refractivity contribution >= 4 is 29.7 Å². The molecule has 2 aliphatic heterocycles. The van der Waals surface area contributed by atoms with E-state index in [1.165, 1.54) is 26.0 Å². The predicted molar refractivity (Wildman–Crippen MR) is 127 cm³/mol. The van der Waals surface area contributed by atoms with E-state index in [0.717, 1.165) is 7.11 Å². The van der Waals surface area contributed by atoms with Gasteiger partial charge >= 0.3 is 23.9 Å². The Bertz CT molecular complexity index is 1230. The number of esters is 3. The number of ketones is 1. The van der Waals surface area contributed by atoms with Gasteiger partial charge in [-0.2, -0.15) is 0 Å². The maximum Gasteiger partial charge on any atom is 0.348 e. The number of aliphatic carboxylic acids is 1. The normalized spacial score (nSPS) is 42.1. The van der Waals surface area contributed by atoms with Crippen molar-refractivity contribution in [2.45, 2.75) is 56.7 Å². The molecule has 0 amide bonds. The Morgan fingerprint density at radius 2 is 1.77 bits per heavy atom. The minimum absolute atomic E-state index is 0.106. The fourth-order valence-corrected chi connectivity index (χ4v) is 8.08. The van der Waals surface area contributed by atoms with Crippen molar-refractivity contribution < 1.29 is 58.2 Å². The van der Waals surface area contributed by atoms with Gasteiger partial charge in [-0.3, -0.25) is 9.59 Å². The molecule has 2 saturated carbocycles. The van der Waals surface area contributed by atoms with Gasteiger partial charge in [-0.1, -0.05) is 25.1 Å². The molecule has 0 radical (unpaired) electrons. The maximum atomic E-state index is 13.5. The zero-order valence-electron chi connectivity index (χ0n) is 21.6. The SMILES string of the molecule is COC(=O)C12OCC34C(CC(C(C)=O)C(C)(CC(=O)O)C3C(O)C1O)OC(=O)C(OC(=O)c1ccccc1)C24. The summed E-state index contributed by atoms with van der Waals surface area (Å²) in [4.78, 5) is 64.8. The van der Waals surface area contributed by atoms with Gasteiger partial charge in [0, 0.05) is 17.3 Å². The lowest BCUT2D eigenvalue weighted by molar-refractivity contribution is -0.288. The molecule has 1 aromatic carbocycles. The van der Waals surface area contributed by atoms with Gasteiger partial charge in [0.15, 0.2) is 0 Å². The summed E-state index contributed by atoms with van der Waals surface area (Å²) in [6.45, 7) is 2.45. The van der Waals surface area contributed by atoms with Crippen molar-refractivity contribution in [3.05, 3.63) is 35.9 Å². The number of benzene rings is 1. The second-order valence-corrected chi connectivity index (χ2v) is 11.2. The van der Waals surface area contributed by atoms with Gasteiger partial charge in [-0.15, -0.1) is 0 Å². The number of rotatable bonds is 6. The molecule has 2 saturated heterocycles. The fourth-order valence-electron chi connectivity index (χ4n) is 8.08. The van der Waals surface area contributed by atoms with Crippen LogP contribution in [-0.2, 0) is 38.1 Å². The molecule has 10 unspecified atom stereocenters. The molecule has 1 spiro atoms. The van der Waals surface area contributed by atoms with E-state index in [-0.39, 0.29) is 24.4 Å². The van der Waals surface area contributed by atoms with Crippen LogP contribution >= 0.6 is 0 Å². The van der Waals surface area contributed by atoms with Gasteiger partial charge in [0.2, 0.25) is 11.7 Å². The summed E-state index contributed by atoms with van der Waals surface area (Å²) in [5, 5.41) is 32.9. The highest BCUT2D eigenvalue weighted by molar-refractivity contribution is 5.93. The lowest BCUT2D eigenvalue weighted by Crippen LogP contribution is -2.79. The van der Waals surface area contributed by atoms with E-state index in [4.69, 9.17) is 18.9 Å². The van der Waals surface area contributed by atoms with Crippen molar-refractivity contribution in [3.63, 3.8) is 0 Å². The molecule has 0 aromatic heterocycles. The van der Waals surface area contributed by atoms with Gasteiger partial charge in [-0.25, -0.2) is 14.4 Å². The number of carboxylic acids is 1. The summed E-state index contributed by atoms with van der Waals surface area (Å²) < 4.78 is 22.4. The van der Waals surface area contributed by atoms with Crippen molar-refractivity contribution in [2.24, 2.45) is 28.6 Å². The third kappa shape index (κ3) is 3.51. The van der Waals surface area contributed by atoms with Crippen LogP contribution in [0, 0.1) is 28.6 Å². The van der Waals surface area contributed by atoms with E-state index in [9.17, 15) is 39.3 Å². The van der Waals surface area contributed by atoms with Crippen molar-refractivity contribution in [1.29, 1.82) is 0 Å². The number of aliphatic hydroxyl groups is 2. The zero-order chi connectivity index (χ0) is 28.5. The van der Waals surface area contributed by atoms with E-state index in [1.54, 1.807) is 18.2 Å². The minimum atomic E-state index is -2.34. The lowest BCUT2D eigenvalue weighted by Gasteiger charge is -2.66. The number of carbonyl (C=O) groups excluding carboxylic acids is 4. The van der Waals surface area contributed by atoms with Crippen molar-refractivity contribution in [1.82, 2.24) is 0 Å². The second kappa shape index (κ2) is 9.10. The predicted octanol–water partition coefficient (Wildman–Crippen LogP) is 0.124. The Labute approximate surface area is 223 Å². The Hall–Kier alpha value is -3.35. The number of hydrogen-bond donors (Lipinski definition) is 3. The number of carboxylic acid groups (broad SMARTS) is 1. The van der Waals surface area contributed by atoms with Crippen LogP contribution in [-0.4, -0.2) is 88.7 Å². The Morgan fingerprint density at radius 3 is 2.36 bits per heavy atom. The molecule has 3 N–H and O–H groups in total. The van der Waals surface area contributed by atoms with Crippen LogP contribution in [0.1, 0.15) is 37.0 Å². The van der Waals surface area contributed by atoms with Gasteiger partial charge in [0.25, 0.3) is 0 Å². The first-order chi connectivity index (χ1) is 18.4. The molecule has 12 nitrogen and oxygen atoms in total. The molecule has 2 heterocycles. The highest BCUT2D eigenvalue weighted by Gasteiger charge is 2.85. The van der Waals surface area contributed by atoms with Crippen molar-refractivity contribution in [2.75, 3.05) is 13.7 Å². The number of aliphatic hydroxyl groups excluding tert-OH is 2. The third-order valence-electron chi connectivity index (χ3n) is 9.41. The number of methoxy groups -OCH3 is 1. The molecule has 10 atom stereocenters. The number of hydrogen-bond acceptors (Lipinski definition) is 11. The summed E-state index contributed by atoms with van der Waals surface area (Å²) in [5.41, 5.74) is -5.19. The first-order valence-electron chi connectivity index (χ1n) is 12.6. The quantitative estimate of drug-likeness (QED) is 0.324. The van der Waals surface area contributed by atoms with E-state index in [2.05, 4.69) is 0 Å². The van der Waals surface area contributed by atoms with E-state index >= 15 is 0 Å². The topological polar surface area (TPSA) is 183 Å². The number of Topliss-reactive ketones (excluding diaryl/α,β-unsaturated/α-hetero) is 1. The molecule has 39 heavy (non-hydrogen) atoms. The molecule has 2 bridgehead atoms. The molecule has 4 aliphatic rings. The van der Waals surface area contributed by atoms with Crippen LogP contribution in [0.25, 0.3) is 0 Å². The van der Waals surface area contributed by atoms with Gasteiger partial charge in [0.05, 0.1) is 37.7 Å². The van der Waals surface area contributed by atoms with E-state index < -0.39 is 88.9 Å². The molecule has 5 rings (SSSR count). The molecular formula is C27H30O12. The second-order valence-electron chi connectivity index (χ2n) is 11.2. The fraction of sp³-hybridized carbons (Fsp3) is 0.593. The van der Waals surface area contributed by atoms with Crippen LogP contribution in [0.15, 0.2) is 30.3 Å². The lowest BCUT2D eigenvalue weighted by atomic mass is 9.39. The third-order valence-corrected chi connectivity index (χ3v) is 9.41. The summed E-state index contributed by atoms with van der Waals surface area (Å²) in [7, 11) is 1.04. The first-order valence-corrected chi connectivity index (χ1v) is 12.6. The molecular weight excluding hydrogens is 516 g/mol. The standard InChI is InChI=1S/C27H30O12/c1-12(28)14-9-15-26-11-37-27(24(35)36-3,21(32)17(31)19(26)25(14,2)10-16(29)30)20(26)18(23(34)38-15)39-22(33)13-7-5-4-6-8-13/h4-8,14-15,17-21,31-32H,9-11H2,1-3H3,(H,29,30). The highest BCUT2D eigenvalue weighted by atomic mass is 16.6. The Kier molecular flexibility index (Phi) is 6.36. The summed E-state index contributed by atoms with van der Waals surface area (Å²) >= 11 is 0. The Morgan fingerprint density at radius 1 is 1.10 bits per heavy atom. The van der Waals surface area contributed by atoms with Gasteiger partial charge in [-0.05, 0) is 30.9 Å². The molecule has 12 heteroatoms.